The number of carbonyl (C=O) groups excluding carboxylic acids is 3. The lowest BCUT2D eigenvalue weighted by Crippen LogP contribution is -2.33. The standard InChI is InChI=1S/C14H16N2O5S/c1-4-11(17)16-14(22)15-10-6-8(12(18)20-2)5-9(7-10)13(19)21-3/h5-7H,4H2,1-3H3,(H2,15,16,17,22). The van der Waals surface area contributed by atoms with E-state index in [4.69, 9.17) is 12.2 Å². The molecule has 0 saturated heterocycles. The minimum absolute atomic E-state index is 0.0599. The Morgan fingerprint density at radius 3 is 1.95 bits per heavy atom. The molecule has 118 valence electrons. The summed E-state index contributed by atoms with van der Waals surface area (Å²) in [7, 11) is 2.46. The second-order valence-electron chi connectivity index (χ2n) is 4.14. The van der Waals surface area contributed by atoms with E-state index in [2.05, 4.69) is 20.1 Å². The molecule has 0 aliphatic heterocycles. The molecule has 0 unspecified atom stereocenters. The van der Waals surface area contributed by atoms with E-state index in [-0.39, 0.29) is 28.6 Å². The van der Waals surface area contributed by atoms with Gasteiger partial charge in [-0.3, -0.25) is 4.79 Å². The van der Waals surface area contributed by atoms with Crippen LogP contribution in [0.1, 0.15) is 34.1 Å². The second-order valence-corrected chi connectivity index (χ2v) is 4.55. The minimum Gasteiger partial charge on any atom is -0.465 e. The van der Waals surface area contributed by atoms with E-state index in [1.165, 1.54) is 32.4 Å². The highest BCUT2D eigenvalue weighted by atomic mass is 32.1. The zero-order valence-corrected chi connectivity index (χ0v) is 13.2. The summed E-state index contributed by atoms with van der Waals surface area (Å²) in [6.45, 7) is 1.69. The van der Waals surface area contributed by atoms with Crippen LogP contribution in [0.25, 0.3) is 0 Å². The molecule has 0 atom stereocenters. The predicted octanol–water partition coefficient (Wildman–Crippen LogP) is 1.48. The summed E-state index contributed by atoms with van der Waals surface area (Å²) in [6, 6.07) is 4.24. The number of ether oxygens (including phenoxy) is 2. The summed E-state index contributed by atoms with van der Waals surface area (Å²) >= 11 is 4.98. The molecule has 1 aromatic rings. The first kappa shape index (κ1) is 17.6. The van der Waals surface area contributed by atoms with Gasteiger partial charge in [-0.15, -0.1) is 0 Å². The van der Waals surface area contributed by atoms with Crippen LogP contribution in [0.3, 0.4) is 0 Å². The lowest BCUT2D eigenvalue weighted by Gasteiger charge is -2.11. The number of esters is 2. The number of benzene rings is 1. The summed E-state index contributed by atoms with van der Waals surface area (Å²) in [4.78, 5) is 34.5. The van der Waals surface area contributed by atoms with Crippen molar-refractivity contribution < 1.29 is 23.9 Å². The lowest BCUT2D eigenvalue weighted by molar-refractivity contribution is -0.119. The van der Waals surface area contributed by atoms with Gasteiger partial charge in [-0.1, -0.05) is 6.92 Å². The van der Waals surface area contributed by atoms with Crippen molar-refractivity contribution in [2.24, 2.45) is 0 Å². The Hall–Kier alpha value is -2.48. The molecule has 1 rings (SSSR count). The van der Waals surface area contributed by atoms with Gasteiger partial charge in [0.1, 0.15) is 0 Å². The smallest absolute Gasteiger partial charge is 0.337 e. The number of carbonyl (C=O) groups is 3. The lowest BCUT2D eigenvalue weighted by atomic mass is 10.1. The van der Waals surface area contributed by atoms with Crippen molar-refractivity contribution in [1.82, 2.24) is 5.32 Å². The number of hydrogen-bond donors (Lipinski definition) is 2. The van der Waals surface area contributed by atoms with Crippen LogP contribution in [0, 0.1) is 0 Å². The molecule has 8 heteroatoms. The zero-order chi connectivity index (χ0) is 16.7. The van der Waals surface area contributed by atoms with Gasteiger partial charge in [0.05, 0.1) is 25.3 Å². The van der Waals surface area contributed by atoms with Gasteiger partial charge < -0.3 is 20.1 Å². The molecular weight excluding hydrogens is 308 g/mol. The van der Waals surface area contributed by atoms with E-state index in [1.54, 1.807) is 6.92 Å². The number of thiocarbonyl (C=S) groups is 1. The van der Waals surface area contributed by atoms with Gasteiger partial charge >= 0.3 is 11.9 Å². The number of hydrogen-bond acceptors (Lipinski definition) is 6. The van der Waals surface area contributed by atoms with Crippen LogP contribution in [-0.2, 0) is 14.3 Å². The zero-order valence-electron chi connectivity index (χ0n) is 12.4. The highest BCUT2D eigenvalue weighted by Crippen LogP contribution is 2.17. The van der Waals surface area contributed by atoms with Crippen molar-refractivity contribution in [1.29, 1.82) is 0 Å². The Balaban J connectivity index is 3.07. The van der Waals surface area contributed by atoms with E-state index in [9.17, 15) is 14.4 Å². The number of nitrogens with one attached hydrogen (secondary N) is 2. The molecule has 0 aliphatic carbocycles. The molecule has 0 saturated carbocycles. The molecule has 0 bridgehead atoms. The maximum absolute atomic E-state index is 11.6. The summed E-state index contributed by atoms with van der Waals surface area (Å²) in [5, 5.41) is 5.24. The number of amides is 1. The van der Waals surface area contributed by atoms with Gasteiger partial charge in [0.25, 0.3) is 0 Å². The van der Waals surface area contributed by atoms with Crippen LogP contribution >= 0.6 is 12.2 Å². The molecule has 0 spiro atoms. The van der Waals surface area contributed by atoms with Gasteiger partial charge in [0.15, 0.2) is 5.11 Å². The topological polar surface area (TPSA) is 93.7 Å². The van der Waals surface area contributed by atoms with Crippen LogP contribution in [0.15, 0.2) is 18.2 Å². The fourth-order valence-electron chi connectivity index (χ4n) is 1.55. The van der Waals surface area contributed by atoms with Crippen molar-refractivity contribution in [3.8, 4) is 0 Å². The average Bonchev–Trinajstić information content (AvgIpc) is 2.52. The second kappa shape index (κ2) is 8.08. The summed E-state index contributed by atoms with van der Waals surface area (Å²) in [6.07, 6.45) is 0.275. The average molecular weight is 324 g/mol. The molecule has 0 aliphatic rings. The van der Waals surface area contributed by atoms with Gasteiger partial charge in [-0.2, -0.15) is 0 Å². The van der Waals surface area contributed by atoms with Crippen molar-refractivity contribution in [2.45, 2.75) is 13.3 Å². The first-order valence-electron chi connectivity index (χ1n) is 6.33. The Morgan fingerprint density at radius 2 is 1.55 bits per heavy atom. The van der Waals surface area contributed by atoms with E-state index in [0.29, 0.717) is 5.69 Å². The minimum atomic E-state index is -0.614. The summed E-state index contributed by atoms with van der Waals surface area (Å²) < 4.78 is 9.25. The fraction of sp³-hybridized carbons (Fsp3) is 0.286. The van der Waals surface area contributed by atoms with Crippen LogP contribution < -0.4 is 10.6 Å². The van der Waals surface area contributed by atoms with Gasteiger partial charge in [0, 0.05) is 12.1 Å². The summed E-state index contributed by atoms with van der Waals surface area (Å²) in [5.41, 5.74) is 0.653. The van der Waals surface area contributed by atoms with Crippen molar-refractivity contribution >= 4 is 40.9 Å². The highest BCUT2D eigenvalue weighted by Gasteiger charge is 2.14. The quantitative estimate of drug-likeness (QED) is 0.640. The fourth-order valence-corrected chi connectivity index (χ4v) is 1.78. The Kier molecular flexibility index (Phi) is 6.46. The third-order valence-corrected chi connectivity index (χ3v) is 2.81. The normalized spacial score (nSPS) is 9.59. The molecule has 0 heterocycles. The van der Waals surface area contributed by atoms with Crippen LogP contribution in [0.2, 0.25) is 0 Å². The largest absolute Gasteiger partial charge is 0.465 e. The third kappa shape index (κ3) is 4.81. The maximum atomic E-state index is 11.6. The van der Waals surface area contributed by atoms with Crippen LogP contribution in [0.4, 0.5) is 5.69 Å². The Bertz CT molecular complexity index is 581. The van der Waals surface area contributed by atoms with E-state index in [0.717, 1.165) is 0 Å². The van der Waals surface area contributed by atoms with Gasteiger partial charge in [-0.05, 0) is 30.4 Å². The van der Waals surface area contributed by atoms with Crippen LogP contribution in [-0.4, -0.2) is 37.2 Å². The molecule has 0 radical (unpaired) electrons. The highest BCUT2D eigenvalue weighted by molar-refractivity contribution is 7.80. The molecule has 22 heavy (non-hydrogen) atoms. The van der Waals surface area contributed by atoms with Crippen LogP contribution in [0.5, 0.6) is 0 Å². The summed E-state index contributed by atoms with van der Waals surface area (Å²) in [5.74, 6) is -1.48. The molecule has 0 aromatic heterocycles. The Labute approximate surface area is 133 Å². The monoisotopic (exact) mass is 324 g/mol. The van der Waals surface area contributed by atoms with E-state index >= 15 is 0 Å². The Morgan fingerprint density at radius 1 is 1.05 bits per heavy atom. The SMILES string of the molecule is CCC(=O)NC(=S)Nc1cc(C(=O)OC)cc(C(=O)OC)c1. The molecule has 7 nitrogen and oxygen atoms in total. The molecule has 0 fully saturated rings. The number of methoxy groups -OCH3 is 2. The number of anilines is 1. The van der Waals surface area contributed by atoms with Gasteiger partial charge in [0.2, 0.25) is 5.91 Å². The van der Waals surface area contributed by atoms with E-state index < -0.39 is 11.9 Å². The maximum Gasteiger partial charge on any atom is 0.337 e. The van der Waals surface area contributed by atoms with Gasteiger partial charge in [-0.25, -0.2) is 9.59 Å². The third-order valence-electron chi connectivity index (χ3n) is 2.61. The first-order valence-corrected chi connectivity index (χ1v) is 6.74. The van der Waals surface area contributed by atoms with Crippen molar-refractivity contribution in [2.75, 3.05) is 19.5 Å². The number of rotatable bonds is 4. The van der Waals surface area contributed by atoms with Crippen molar-refractivity contribution in [3.63, 3.8) is 0 Å². The predicted molar refractivity (Wildman–Crippen MR) is 83.8 cm³/mol. The van der Waals surface area contributed by atoms with Crippen molar-refractivity contribution in [3.05, 3.63) is 29.3 Å². The molecular formula is C14H16N2O5S. The first-order chi connectivity index (χ1) is 10.4. The molecule has 2 N–H and O–H groups in total. The molecule has 1 amide bonds. The van der Waals surface area contributed by atoms with E-state index in [1.807, 2.05) is 0 Å². The molecule has 1 aromatic carbocycles.